The summed E-state index contributed by atoms with van der Waals surface area (Å²) in [5, 5.41) is 0. The summed E-state index contributed by atoms with van der Waals surface area (Å²) in [5.74, 6) is 0.880. The minimum atomic E-state index is -0.296. The van der Waals surface area contributed by atoms with Gasteiger partial charge in [-0.1, -0.05) is 13.8 Å². The molecule has 2 aliphatic heterocycles. The van der Waals surface area contributed by atoms with Gasteiger partial charge in [-0.2, -0.15) is 0 Å². The second kappa shape index (κ2) is 8.28. The van der Waals surface area contributed by atoms with Gasteiger partial charge in [0.05, 0.1) is 6.61 Å². The topological polar surface area (TPSA) is 102 Å². The second-order valence-electron chi connectivity index (χ2n) is 8.37. The molecule has 9 nitrogen and oxygen atoms in total. The molecule has 9 heteroatoms. The summed E-state index contributed by atoms with van der Waals surface area (Å²) in [4.78, 5) is 48.1. The number of rotatable bonds is 6. The molecule has 2 aromatic rings. The maximum absolute atomic E-state index is 13.0. The van der Waals surface area contributed by atoms with Crippen LogP contribution in [0.1, 0.15) is 71.0 Å². The van der Waals surface area contributed by atoms with Gasteiger partial charge in [0.2, 0.25) is 0 Å². The highest BCUT2D eigenvalue weighted by Gasteiger charge is 2.45. The summed E-state index contributed by atoms with van der Waals surface area (Å²) in [7, 11) is 0. The number of piperidine rings is 1. The molecule has 4 rings (SSSR count). The van der Waals surface area contributed by atoms with Crippen molar-refractivity contribution in [3.8, 4) is 0 Å². The molecule has 2 bridgehead atoms. The number of hydrogen-bond donors (Lipinski definition) is 1. The number of carbonyl (C=O) groups excluding carboxylic acids is 1. The van der Waals surface area contributed by atoms with Crippen LogP contribution in [0.2, 0.25) is 0 Å². The van der Waals surface area contributed by atoms with E-state index in [9.17, 15) is 14.4 Å². The van der Waals surface area contributed by atoms with Gasteiger partial charge in [0.1, 0.15) is 11.3 Å². The van der Waals surface area contributed by atoms with Gasteiger partial charge in [0.25, 0.3) is 5.56 Å². The van der Waals surface area contributed by atoms with E-state index in [1.165, 1.54) is 4.57 Å². The number of aryl methyl sites for hydroxylation is 1. The highest BCUT2D eigenvalue weighted by Crippen LogP contribution is 2.42. The zero-order valence-electron chi connectivity index (χ0n) is 18.0. The summed E-state index contributed by atoms with van der Waals surface area (Å²) < 4.78 is 8.17. The first-order valence-electron chi connectivity index (χ1n) is 11.2. The van der Waals surface area contributed by atoms with Gasteiger partial charge < -0.3 is 14.6 Å². The molecule has 2 unspecified atom stereocenters. The lowest BCUT2D eigenvalue weighted by Crippen LogP contribution is -2.46. The van der Waals surface area contributed by atoms with E-state index >= 15 is 0 Å². The molecule has 2 saturated heterocycles. The van der Waals surface area contributed by atoms with Crippen molar-refractivity contribution >= 4 is 17.3 Å². The third-order valence-electron chi connectivity index (χ3n) is 6.37. The van der Waals surface area contributed by atoms with Gasteiger partial charge in [-0.05, 0) is 45.4 Å². The molecular weight excluding hydrogens is 386 g/mol. The average Bonchev–Trinajstić information content (AvgIpc) is 3.28. The Morgan fingerprint density at radius 3 is 2.30 bits per heavy atom. The Morgan fingerprint density at radius 2 is 1.70 bits per heavy atom. The van der Waals surface area contributed by atoms with Crippen LogP contribution in [0.5, 0.6) is 0 Å². The number of nitrogens with zero attached hydrogens (tertiary/aromatic N) is 4. The lowest BCUT2D eigenvalue weighted by molar-refractivity contribution is 0.0683. The standard InChI is InChI=1S/C21H31N5O4/c1-4-9-24-18-16(19(27)25(10-5-2)20(24)28)22-17(23-18)13-11-14-7-8-15(12-13)26(14)21(29)30-6-3/h13-15H,4-12H2,1-3H3,(H,22,23). The molecule has 0 spiro atoms. The number of H-pyrrole nitrogens is 1. The molecule has 2 aromatic heterocycles. The number of imidazole rings is 1. The highest BCUT2D eigenvalue weighted by atomic mass is 16.6. The van der Waals surface area contributed by atoms with Crippen LogP contribution >= 0.6 is 0 Å². The van der Waals surface area contributed by atoms with Crippen LogP contribution in [0, 0.1) is 0 Å². The van der Waals surface area contributed by atoms with Gasteiger partial charge in [-0.25, -0.2) is 14.6 Å². The lowest BCUT2D eigenvalue weighted by Gasteiger charge is -2.37. The molecule has 0 saturated carbocycles. The SMILES string of the molecule is CCCn1c(=O)c2[nH]c(C3CC4CCC(C3)N4C(=O)OCC)nc2n(CCC)c1=O. The summed E-state index contributed by atoms with van der Waals surface area (Å²) in [6.45, 7) is 7.07. The molecule has 4 heterocycles. The third kappa shape index (κ3) is 3.33. The van der Waals surface area contributed by atoms with E-state index in [2.05, 4.69) is 4.98 Å². The minimum Gasteiger partial charge on any atom is -0.450 e. The molecule has 2 atom stereocenters. The summed E-state index contributed by atoms with van der Waals surface area (Å²) in [6, 6.07) is 0.270. The van der Waals surface area contributed by atoms with Gasteiger partial charge in [0, 0.05) is 31.1 Å². The molecule has 164 valence electrons. The number of nitrogens with one attached hydrogen (secondary N) is 1. The van der Waals surface area contributed by atoms with Crippen LogP contribution in [0.3, 0.4) is 0 Å². The van der Waals surface area contributed by atoms with E-state index in [0.717, 1.165) is 37.9 Å². The first kappa shape index (κ1) is 20.7. The first-order valence-corrected chi connectivity index (χ1v) is 11.2. The lowest BCUT2D eigenvalue weighted by atomic mass is 9.90. The smallest absolute Gasteiger partial charge is 0.410 e. The highest BCUT2D eigenvalue weighted by molar-refractivity contribution is 5.70. The number of aromatic amines is 1. The fraction of sp³-hybridized carbons (Fsp3) is 0.714. The molecule has 1 N–H and O–H groups in total. The van der Waals surface area contributed by atoms with Crippen molar-refractivity contribution in [2.75, 3.05) is 6.61 Å². The molecule has 30 heavy (non-hydrogen) atoms. The van der Waals surface area contributed by atoms with Crippen LogP contribution < -0.4 is 11.2 Å². The average molecular weight is 418 g/mol. The molecule has 2 aliphatic rings. The quantitative estimate of drug-likeness (QED) is 0.778. The van der Waals surface area contributed by atoms with Gasteiger partial charge in [-0.3, -0.25) is 13.9 Å². The van der Waals surface area contributed by atoms with Crippen molar-refractivity contribution in [2.45, 2.75) is 90.4 Å². The molecule has 0 aliphatic carbocycles. The fourth-order valence-electron chi connectivity index (χ4n) is 5.12. The Labute approximate surface area is 175 Å². The van der Waals surface area contributed by atoms with E-state index in [4.69, 9.17) is 9.72 Å². The largest absolute Gasteiger partial charge is 0.450 e. The Morgan fingerprint density at radius 1 is 1.07 bits per heavy atom. The van der Waals surface area contributed by atoms with Crippen molar-refractivity contribution in [1.29, 1.82) is 0 Å². The molecule has 1 amide bonds. The normalized spacial score (nSPS) is 23.3. The Hall–Kier alpha value is -2.58. The first-order chi connectivity index (χ1) is 14.5. The monoisotopic (exact) mass is 417 g/mol. The summed E-state index contributed by atoms with van der Waals surface area (Å²) >= 11 is 0. The fourth-order valence-corrected chi connectivity index (χ4v) is 5.12. The van der Waals surface area contributed by atoms with Gasteiger partial charge >= 0.3 is 11.8 Å². The second-order valence-corrected chi connectivity index (χ2v) is 8.37. The van der Waals surface area contributed by atoms with Crippen molar-refractivity contribution in [3.63, 3.8) is 0 Å². The number of hydrogen-bond acceptors (Lipinski definition) is 5. The van der Waals surface area contributed by atoms with Crippen LogP contribution in [-0.4, -0.2) is 48.8 Å². The predicted molar refractivity (Wildman–Crippen MR) is 113 cm³/mol. The third-order valence-corrected chi connectivity index (χ3v) is 6.37. The summed E-state index contributed by atoms with van der Waals surface area (Å²) in [5.41, 5.74) is 0.280. The number of aromatic nitrogens is 4. The molecule has 0 radical (unpaired) electrons. The van der Waals surface area contributed by atoms with Crippen molar-refractivity contribution in [2.24, 2.45) is 0 Å². The van der Waals surface area contributed by atoms with E-state index < -0.39 is 0 Å². The Kier molecular flexibility index (Phi) is 5.71. The van der Waals surface area contributed by atoms with E-state index in [1.54, 1.807) is 4.57 Å². The van der Waals surface area contributed by atoms with Crippen LogP contribution in [0.15, 0.2) is 9.59 Å². The molecular formula is C21H31N5O4. The Bertz CT molecular complexity index is 1040. The van der Waals surface area contributed by atoms with E-state index in [0.29, 0.717) is 37.3 Å². The Balaban J connectivity index is 1.71. The number of fused-ring (bicyclic) bond motifs is 3. The zero-order chi connectivity index (χ0) is 21.4. The molecule has 2 fully saturated rings. The number of amides is 1. The van der Waals surface area contributed by atoms with Crippen LogP contribution in [0.25, 0.3) is 11.2 Å². The van der Waals surface area contributed by atoms with Gasteiger partial charge in [0.15, 0.2) is 5.65 Å². The summed E-state index contributed by atoms with van der Waals surface area (Å²) in [6.07, 6.45) is 4.76. The van der Waals surface area contributed by atoms with E-state index in [-0.39, 0.29) is 35.3 Å². The van der Waals surface area contributed by atoms with E-state index in [1.807, 2.05) is 25.7 Å². The maximum atomic E-state index is 13.0. The minimum absolute atomic E-state index is 0.129. The predicted octanol–water partition coefficient (Wildman–Crippen LogP) is 2.57. The van der Waals surface area contributed by atoms with Crippen molar-refractivity contribution in [3.05, 3.63) is 26.7 Å². The van der Waals surface area contributed by atoms with Crippen molar-refractivity contribution < 1.29 is 9.53 Å². The van der Waals surface area contributed by atoms with Crippen LogP contribution in [-0.2, 0) is 17.8 Å². The number of carbonyl (C=O) groups is 1. The zero-order valence-corrected chi connectivity index (χ0v) is 18.0. The maximum Gasteiger partial charge on any atom is 0.410 e. The number of ether oxygens (including phenoxy) is 1. The van der Waals surface area contributed by atoms with Gasteiger partial charge in [-0.15, -0.1) is 0 Å². The van der Waals surface area contributed by atoms with Crippen LogP contribution in [0.4, 0.5) is 4.79 Å². The van der Waals surface area contributed by atoms with Crippen molar-refractivity contribution in [1.82, 2.24) is 24.0 Å². The molecule has 0 aromatic carbocycles.